The molecule has 120 valence electrons. The molecule has 3 N–H and O–H groups in total. The van der Waals surface area contributed by atoms with Crippen molar-refractivity contribution in [3.05, 3.63) is 29.3 Å². The summed E-state index contributed by atoms with van der Waals surface area (Å²) in [5.74, 6) is 0.0783. The largest absolute Gasteiger partial charge is 0.376 e. The first-order valence-corrected chi connectivity index (χ1v) is 6.97. The van der Waals surface area contributed by atoms with Crippen LogP contribution in [0.4, 0.5) is 5.69 Å². The maximum atomic E-state index is 11.9. The second-order valence-corrected chi connectivity index (χ2v) is 5.21. The summed E-state index contributed by atoms with van der Waals surface area (Å²) in [6, 6.07) is 6.47. The maximum Gasteiger partial charge on any atom is 0.239 e. The second kappa shape index (κ2) is 9.87. The summed E-state index contributed by atoms with van der Waals surface area (Å²) in [6.45, 7) is 6.44. The van der Waals surface area contributed by atoms with Crippen LogP contribution in [-0.2, 0) is 4.79 Å². The summed E-state index contributed by atoms with van der Waals surface area (Å²) in [5.41, 5.74) is 3.42. The Labute approximate surface area is 139 Å². The lowest BCUT2D eigenvalue weighted by molar-refractivity contribution is -0.120. The van der Waals surface area contributed by atoms with Crippen molar-refractivity contribution in [1.82, 2.24) is 10.6 Å². The van der Waals surface area contributed by atoms with Crippen LogP contribution in [0, 0.1) is 13.8 Å². The van der Waals surface area contributed by atoms with Crippen LogP contribution >= 0.6 is 24.8 Å². The number of nitrogens with one attached hydrogen (secondary N) is 3. The highest BCUT2D eigenvalue weighted by Gasteiger charge is 2.15. The van der Waals surface area contributed by atoms with E-state index in [1.165, 1.54) is 11.1 Å². The summed E-state index contributed by atoms with van der Waals surface area (Å²) in [7, 11) is 0. The summed E-state index contributed by atoms with van der Waals surface area (Å²) >= 11 is 0. The van der Waals surface area contributed by atoms with Crippen LogP contribution in [0.5, 0.6) is 0 Å². The van der Waals surface area contributed by atoms with Gasteiger partial charge in [0.15, 0.2) is 0 Å². The number of halogens is 2. The topological polar surface area (TPSA) is 53.2 Å². The molecule has 21 heavy (non-hydrogen) atoms. The Kier molecular flexibility index (Phi) is 9.42. The minimum absolute atomic E-state index is 0. The van der Waals surface area contributed by atoms with E-state index in [4.69, 9.17) is 0 Å². The minimum atomic E-state index is 0. The van der Waals surface area contributed by atoms with E-state index in [9.17, 15) is 4.79 Å². The molecule has 0 spiro atoms. The Bertz CT molecular complexity index is 428. The first-order valence-electron chi connectivity index (χ1n) is 6.97. The molecule has 2 rings (SSSR count). The van der Waals surface area contributed by atoms with Gasteiger partial charge in [0.2, 0.25) is 5.91 Å². The molecule has 1 aliphatic rings. The summed E-state index contributed by atoms with van der Waals surface area (Å²) in [5, 5.41) is 9.62. The van der Waals surface area contributed by atoms with Crippen LogP contribution in [0.25, 0.3) is 0 Å². The zero-order valence-corrected chi connectivity index (χ0v) is 14.2. The molecule has 1 aliphatic heterocycles. The number of aryl methyl sites for hydroxylation is 2. The molecule has 0 bridgehead atoms. The smallest absolute Gasteiger partial charge is 0.239 e. The zero-order chi connectivity index (χ0) is 13.7. The fourth-order valence-electron chi connectivity index (χ4n) is 2.51. The highest BCUT2D eigenvalue weighted by molar-refractivity contribution is 5.85. The number of hydrogen-bond donors (Lipinski definition) is 3. The Morgan fingerprint density at radius 1 is 1.19 bits per heavy atom. The van der Waals surface area contributed by atoms with Gasteiger partial charge >= 0.3 is 0 Å². The summed E-state index contributed by atoms with van der Waals surface area (Å²) < 4.78 is 0. The van der Waals surface area contributed by atoms with Crippen LogP contribution in [0.3, 0.4) is 0 Å². The number of rotatable bonds is 4. The second-order valence-electron chi connectivity index (χ2n) is 5.21. The number of carbonyl (C=O) groups is 1. The van der Waals surface area contributed by atoms with Gasteiger partial charge in [0.05, 0.1) is 6.54 Å². The lowest BCUT2D eigenvalue weighted by Crippen LogP contribution is -2.44. The molecule has 0 aromatic heterocycles. The van der Waals surface area contributed by atoms with Crippen molar-refractivity contribution in [3.63, 3.8) is 0 Å². The van der Waals surface area contributed by atoms with E-state index in [1.807, 2.05) is 6.07 Å². The van der Waals surface area contributed by atoms with Gasteiger partial charge in [0, 0.05) is 11.7 Å². The SMILES string of the molecule is Cc1cccc(C)c1NCC(=O)NC1CCNCC1.Cl.Cl. The molecule has 0 aliphatic carbocycles. The molecule has 1 fully saturated rings. The molecule has 0 saturated carbocycles. The molecule has 0 unspecified atom stereocenters. The highest BCUT2D eigenvalue weighted by Crippen LogP contribution is 2.18. The Morgan fingerprint density at radius 2 is 1.76 bits per heavy atom. The minimum Gasteiger partial charge on any atom is -0.376 e. The molecule has 0 atom stereocenters. The van der Waals surface area contributed by atoms with E-state index < -0.39 is 0 Å². The Balaban J connectivity index is 0.00000200. The molecule has 1 saturated heterocycles. The highest BCUT2D eigenvalue weighted by atomic mass is 35.5. The van der Waals surface area contributed by atoms with Crippen molar-refractivity contribution in [2.24, 2.45) is 0 Å². The monoisotopic (exact) mass is 333 g/mol. The van der Waals surface area contributed by atoms with Crippen molar-refractivity contribution in [2.75, 3.05) is 25.0 Å². The normalized spacial score (nSPS) is 14.6. The van der Waals surface area contributed by atoms with E-state index in [0.717, 1.165) is 31.6 Å². The molecule has 1 aromatic carbocycles. The van der Waals surface area contributed by atoms with Crippen molar-refractivity contribution in [3.8, 4) is 0 Å². The van der Waals surface area contributed by atoms with Gasteiger partial charge in [0.25, 0.3) is 0 Å². The van der Waals surface area contributed by atoms with Gasteiger partial charge in [-0.25, -0.2) is 0 Å². The van der Waals surface area contributed by atoms with E-state index in [-0.39, 0.29) is 30.7 Å². The standard InChI is InChI=1S/C15H23N3O.2ClH/c1-11-4-3-5-12(2)15(11)17-10-14(19)18-13-6-8-16-9-7-13;;/h3-5,13,16-17H,6-10H2,1-2H3,(H,18,19);2*1H. The third kappa shape index (κ3) is 6.12. The lowest BCUT2D eigenvalue weighted by Gasteiger charge is -2.24. The van der Waals surface area contributed by atoms with Crippen LogP contribution in [0.2, 0.25) is 0 Å². The number of amides is 1. The number of para-hydroxylation sites is 1. The predicted molar refractivity (Wildman–Crippen MR) is 92.9 cm³/mol. The van der Waals surface area contributed by atoms with Gasteiger partial charge in [-0.15, -0.1) is 24.8 Å². The molecule has 1 aromatic rings. The van der Waals surface area contributed by atoms with Gasteiger partial charge in [-0.2, -0.15) is 0 Å². The number of anilines is 1. The van der Waals surface area contributed by atoms with E-state index in [2.05, 4.69) is 41.9 Å². The number of benzene rings is 1. The maximum absolute atomic E-state index is 11.9. The molecular weight excluding hydrogens is 309 g/mol. The molecule has 4 nitrogen and oxygen atoms in total. The molecule has 1 amide bonds. The number of piperidine rings is 1. The van der Waals surface area contributed by atoms with Gasteiger partial charge in [-0.1, -0.05) is 18.2 Å². The van der Waals surface area contributed by atoms with Crippen LogP contribution in [0.1, 0.15) is 24.0 Å². The fraction of sp³-hybridized carbons (Fsp3) is 0.533. The number of hydrogen-bond acceptors (Lipinski definition) is 3. The first kappa shape index (κ1) is 20.0. The Hall–Kier alpha value is -0.970. The van der Waals surface area contributed by atoms with Crippen LogP contribution in [0.15, 0.2) is 18.2 Å². The average molecular weight is 334 g/mol. The van der Waals surface area contributed by atoms with E-state index >= 15 is 0 Å². The van der Waals surface area contributed by atoms with Crippen molar-refractivity contribution in [2.45, 2.75) is 32.7 Å². The third-order valence-corrected chi connectivity index (χ3v) is 3.61. The van der Waals surface area contributed by atoms with Crippen molar-refractivity contribution < 1.29 is 4.79 Å². The summed E-state index contributed by atoms with van der Waals surface area (Å²) in [4.78, 5) is 11.9. The average Bonchev–Trinajstić information content (AvgIpc) is 2.39. The third-order valence-electron chi connectivity index (χ3n) is 3.61. The van der Waals surface area contributed by atoms with Crippen molar-refractivity contribution in [1.29, 1.82) is 0 Å². The number of carbonyl (C=O) groups excluding carboxylic acids is 1. The summed E-state index contributed by atoms with van der Waals surface area (Å²) in [6.07, 6.45) is 2.05. The van der Waals surface area contributed by atoms with Gasteiger partial charge in [0.1, 0.15) is 0 Å². The van der Waals surface area contributed by atoms with E-state index in [1.54, 1.807) is 0 Å². The van der Waals surface area contributed by atoms with Crippen LogP contribution in [-0.4, -0.2) is 31.6 Å². The van der Waals surface area contributed by atoms with Crippen molar-refractivity contribution >= 4 is 36.4 Å². The van der Waals surface area contributed by atoms with Gasteiger partial charge < -0.3 is 16.0 Å². The van der Waals surface area contributed by atoms with Crippen LogP contribution < -0.4 is 16.0 Å². The quantitative estimate of drug-likeness (QED) is 0.793. The molecule has 6 heteroatoms. The predicted octanol–water partition coefficient (Wildman–Crippen LogP) is 2.43. The molecular formula is C15H25Cl2N3O. The fourth-order valence-corrected chi connectivity index (χ4v) is 2.51. The molecule has 0 radical (unpaired) electrons. The van der Waals surface area contributed by atoms with Gasteiger partial charge in [-0.05, 0) is 50.9 Å². The van der Waals surface area contributed by atoms with E-state index in [0.29, 0.717) is 12.6 Å². The van der Waals surface area contributed by atoms with Gasteiger partial charge in [-0.3, -0.25) is 4.79 Å². The Morgan fingerprint density at radius 3 is 2.33 bits per heavy atom. The zero-order valence-electron chi connectivity index (χ0n) is 12.6. The lowest BCUT2D eigenvalue weighted by atomic mass is 10.1. The first-order chi connectivity index (χ1) is 9.16. The molecule has 1 heterocycles.